The molecule has 3 nitrogen and oxygen atoms in total. The highest BCUT2D eigenvalue weighted by molar-refractivity contribution is 4.82. The Balaban J connectivity index is 2.12. The molecule has 17 heavy (non-hydrogen) atoms. The van der Waals surface area contributed by atoms with Crippen LogP contribution in [0.1, 0.15) is 34.1 Å². The summed E-state index contributed by atoms with van der Waals surface area (Å²) in [6, 6.07) is 0.716. The van der Waals surface area contributed by atoms with Crippen LogP contribution < -0.4 is 5.32 Å². The van der Waals surface area contributed by atoms with Gasteiger partial charge in [0.2, 0.25) is 0 Å². The van der Waals surface area contributed by atoms with Gasteiger partial charge in [-0.25, -0.2) is 0 Å². The van der Waals surface area contributed by atoms with Gasteiger partial charge >= 0.3 is 0 Å². The van der Waals surface area contributed by atoms with Gasteiger partial charge in [-0.15, -0.1) is 0 Å². The minimum Gasteiger partial charge on any atom is -0.380 e. The summed E-state index contributed by atoms with van der Waals surface area (Å²) in [4.78, 5) is 2.54. The van der Waals surface area contributed by atoms with Crippen LogP contribution in [0.5, 0.6) is 0 Å². The van der Waals surface area contributed by atoms with Gasteiger partial charge in [-0.05, 0) is 31.3 Å². The third-order valence-corrected chi connectivity index (χ3v) is 3.46. The Morgan fingerprint density at radius 1 is 1.41 bits per heavy atom. The fourth-order valence-electron chi connectivity index (χ4n) is 2.51. The second-order valence-corrected chi connectivity index (χ2v) is 5.70. The lowest BCUT2D eigenvalue weighted by Gasteiger charge is -2.37. The van der Waals surface area contributed by atoms with Gasteiger partial charge in [-0.3, -0.25) is 0 Å². The normalized spacial score (nSPS) is 26.6. The molecule has 0 radical (unpaired) electrons. The fourth-order valence-corrected chi connectivity index (χ4v) is 2.51. The van der Waals surface area contributed by atoms with Crippen LogP contribution in [0.3, 0.4) is 0 Å². The molecule has 102 valence electrons. The van der Waals surface area contributed by atoms with Gasteiger partial charge in [0.25, 0.3) is 0 Å². The van der Waals surface area contributed by atoms with E-state index in [1.165, 1.54) is 19.5 Å². The quantitative estimate of drug-likeness (QED) is 0.691. The van der Waals surface area contributed by atoms with Crippen LogP contribution in [0.2, 0.25) is 0 Å². The Morgan fingerprint density at radius 3 is 2.76 bits per heavy atom. The second kappa shape index (κ2) is 8.06. The maximum absolute atomic E-state index is 5.65. The largest absolute Gasteiger partial charge is 0.380 e. The average molecular weight is 242 g/mol. The van der Waals surface area contributed by atoms with Crippen LogP contribution in [0.25, 0.3) is 0 Å². The SMILES string of the molecule is CCNC1CCN(CCOCC(C)C)CC1C. The van der Waals surface area contributed by atoms with Crippen LogP contribution in [0, 0.1) is 11.8 Å². The first kappa shape index (κ1) is 14.9. The highest BCUT2D eigenvalue weighted by Gasteiger charge is 2.24. The lowest BCUT2D eigenvalue weighted by molar-refractivity contribution is 0.0661. The van der Waals surface area contributed by atoms with Crippen LogP contribution in [0.15, 0.2) is 0 Å². The van der Waals surface area contributed by atoms with E-state index in [0.29, 0.717) is 12.0 Å². The zero-order valence-electron chi connectivity index (χ0n) is 12.0. The van der Waals surface area contributed by atoms with E-state index in [0.717, 1.165) is 32.2 Å². The Labute approximate surface area is 107 Å². The van der Waals surface area contributed by atoms with Crippen LogP contribution in [-0.2, 0) is 4.74 Å². The van der Waals surface area contributed by atoms with Crippen LogP contribution in [0.4, 0.5) is 0 Å². The summed E-state index contributed by atoms with van der Waals surface area (Å²) in [5.74, 6) is 1.40. The topological polar surface area (TPSA) is 24.5 Å². The summed E-state index contributed by atoms with van der Waals surface area (Å²) in [7, 11) is 0. The molecule has 0 aromatic heterocycles. The predicted octanol–water partition coefficient (Wildman–Crippen LogP) is 1.98. The molecule has 0 aliphatic carbocycles. The molecular weight excluding hydrogens is 212 g/mol. The van der Waals surface area contributed by atoms with Crippen molar-refractivity contribution in [2.45, 2.75) is 40.2 Å². The number of rotatable bonds is 7. The Hall–Kier alpha value is -0.120. The molecular formula is C14H30N2O. The van der Waals surface area contributed by atoms with Crippen molar-refractivity contribution in [2.75, 3.05) is 39.4 Å². The van der Waals surface area contributed by atoms with E-state index < -0.39 is 0 Å². The number of ether oxygens (including phenoxy) is 1. The molecule has 1 heterocycles. The van der Waals surface area contributed by atoms with Gasteiger partial charge in [0.1, 0.15) is 0 Å². The molecule has 0 aromatic carbocycles. The summed E-state index contributed by atoms with van der Waals surface area (Å²) >= 11 is 0. The summed E-state index contributed by atoms with van der Waals surface area (Å²) in [5.41, 5.74) is 0. The molecule has 0 saturated carbocycles. The van der Waals surface area contributed by atoms with Gasteiger partial charge in [0, 0.05) is 25.7 Å². The number of nitrogens with zero attached hydrogens (tertiary/aromatic N) is 1. The summed E-state index contributed by atoms with van der Waals surface area (Å²) < 4.78 is 5.65. The maximum Gasteiger partial charge on any atom is 0.0593 e. The maximum atomic E-state index is 5.65. The monoisotopic (exact) mass is 242 g/mol. The molecule has 0 bridgehead atoms. The Morgan fingerprint density at radius 2 is 2.18 bits per heavy atom. The van der Waals surface area contributed by atoms with E-state index in [9.17, 15) is 0 Å². The van der Waals surface area contributed by atoms with Gasteiger partial charge in [-0.1, -0.05) is 27.7 Å². The van der Waals surface area contributed by atoms with Crippen molar-refractivity contribution in [2.24, 2.45) is 11.8 Å². The van der Waals surface area contributed by atoms with Crippen molar-refractivity contribution in [1.82, 2.24) is 10.2 Å². The van der Waals surface area contributed by atoms with Gasteiger partial charge in [0.05, 0.1) is 6.61 Å². The first-order valence-corrected chi connectivity index (χ1v) is 7.17. The van der Waals surface area contributed by atoms with Crippen molar-refractivity contribution in [3.05, 3.63) is 0 Å². The lowest BCUT2D eigenvalue weighted by Crippen LogP contribution is -2.48. The van der Waals surface area contributed by atoms with E-state index >= 15 is 0 Å². The number of likely N-dealkylation sites (tertiary alicyclic amines) is 1. The van der Waals surface area contributed by atoms with Gasteiger partial charge in [-0.2, -0.15) is 0 Å². The van der Waals surface area contributed by atoms with Crippen molar-refractivity contribution in [3.8, 4) is 0 Å². The molecule has 1 saturated heterocycles. The highest BCUT2D eigenvalue weighted by atomic mass is 16.5. The van der Waals surface area contributed by atoms with E-state index in [-0.39, 0.29) is 0 Å². The molecule has 3 heteroatoms. The van der Waals surface area contributed by atoms with Crippen molar-refractivity contribution >= 4 is 0 Å². The molecule has 0 amide bonds. The minimum atomic E-state index is 0.647. The minimum absolute atomic E-state index is 0.647. The zero-order valence-corrected chi connectivity index (χ0v) is 12.0. The van der Waals surface area contributed by atoms with Gasteiger partial charge < -0.3 is 15.0 Å². The molecule has 0 aromatic rings. The highest BCUT2D eigenvalue weighted by Crippen LogP contribution is 2.16. The third kappa shape index (κ3) is 5.84. The smallest absolute Gasteiger partial charge is 0.0593 e. The summed E-state index contributed by atoms with van der Waals surface area (Å²) in [6.07, 6.45) is 1.28. The van der Waals surface area contributed by atoms with Crippen LogP contribution in [-0.4, -0.2) is 50.3 Å². The molecule has 1 aliphatic rings. The number of piperidine rings is 1. The molecule has 1 rings (SSSR count). The van der Waals surface area contributed by atoms with E-state index in [4.69, 9.17) is 4.74 Å². The van der Waals surface area contributed by atoms with E-state index in [1.54, 1.807) is 0 Å². The average Bonchev–Trinajstić information content (AvgIpc) is 2.28. The molecule has 1 fully saturated rings. The zero-order chi connectivity index (χ0) is 12.7. The number of hydrogen-bond donors (Lipinski definition) is 1. The standard InChI is InChI=1S/C14H30N2O/c1-5-15-14-6-7-16(10-13(14)4)8-9-17-11-12(2)3/h12-15H,5-11H2,1-4H3. The van der Waals surface area contributed by atoms with Crippen molar-refractivity contribution in [3.63, 3.8) is 0 Å². The third-order valence-electron chi connectivity index (χ3n) is 3.46. The summed E-state index contributed by atoms with van der Waals surface area (Å²) in [6.45, 7) is 15.3. The predicted molar refractivity (Wildman–Crippen MR) is 73.3 cm³/mol. The van der Waals surface area contributed by atoms with E-state index in [2.05, 4.69) is 37.9 Å². The molecule has 2 unspecified atom stereocenters. The second-order valence-electron chi connectivity index (χ2n) is 5.70. The Kier molecular flexibility index (Phi) is 7.09. The van der Waals surface area contributed by atoms with Crippen LogP contribution >= 0.6 is 0 Å². The lowest BCUT2D eigenvalue weighted by atomic mass is 9.94. The summed E-state index contributed by atoms with van der Waals surface area (Å²) in [5, 5.41) is 3.58. The van der Waals surface area contributed by atoms with E-state index in [1.807, 2.05) is 0 Å². The first-order valence-electron chi connectivity index (χ1n) is 7.17. The van der Waals surface area contributed by atoms with Crippen molar-refractivity contribution < 1.29 is 4.74 Å². The molecule has 1 N–H and O–H groups in total. The van der Waals surface area contributed by atoms with Crippen molar-refractivity contribution in [1.29, 1.82) is 0 Å². The molecule has 2 atom stereocenters. The molecule has 0 spiro atoms. The Bertz CT molecular complexity index is 197. The fraction of sp³-hybridized carbons (Fsp3) is 1.00. The molecule has 1 aliphatic heterocycles. The first-order chi connectivity index (χ1) is 8.13. The van der Waals surface area contributed by atoms with Gasteiger partial charge in [0.15, 0.2) is 0 Å². The number of hydrogen-bond acceptors (Lipinski definition) is 3. The number of nitrogens with one attached hydrogen (secondary N) is 1.